The smallest absolute Gasteiger partial charge is 0.233 e. The van der Waals surface area contributed by atoms with E-state index in [0.29, 0.717) is 0 Å². The molecule has 3 rings (SSSR count). The van der Waals surface area contributed by atoms with E-state index in [1.807, 2.05) is 13.8 Å². The molecule has 2 aliphatic rings. The van der Waals surface area contributed by atoms with Crippen molar-refractivity contribution in [2.24, 2.45) is 0 Å². The predicted molar refractivity (Wildman–Crippen MR) is 110 cm³/mol. The lowest BCUT2D eigenvalue weighted by Gasteiger charge is -2.17. The van der Waals surface area contributed by atoms with E-state index < -0.39 is 0 Å². The van der Waals surface area contributed by atoms with Crippen molar-refractivity contribution in [2.75, 3.05) is 13.2 Å². The number of carbonyl (C=O) groups is 1. The molecule has 0 saturated carbocycles. The molecular weight excluding hydrogens is 358 g/mol. The van der Waals surface area contributed by atoms with Gasteiger partial charge in [0.1, 0.15) is 0 Å². The maximum absolute atomic E-state index is 12.5. The largest absolute Gasteiger partial charge is 0.376 e. The minimum absolute atomic E-state index is 0.0957. The molecule has 1 aliphatic heterocycles. The Morgan fingerprint density at radius 3 is 2.96 bits per heavy atom. The highest BCUT2D eigenvalue weighted by molar-refractivity contribution is 8.00. The van der Waals surface area contributed by atoms with Crippen molar-refractivity contribution in [3.05, 3.63) is 23.0 Å². The number of aromatic nitrogens is 2. The Kier molecular flexibility index (Phi) is 7.41. The fraction of sp³-hybridized carbons (Fsp3) is 0.714. The van der Waals surface area contributed by atoms with Gasteiger partial charge in [0.25, 0.3) is 0 Å². The topological polar surface area (TPSA) is 56.2 Å². The van der Waals surface area contributed by atoms with E-state index in [9.17, 15) is 4.79 Å². The zero-order valence-corrected chi connectivity index (χ0v) is 17.7. The predicted octanol–water partition coefficient (Wildman–Crippen LogP) is 4.17. The molecule has 150 valence electrons. The maximum atomic E-state index is 12.5. The molecule has 6 heteroatoms. The number of nitrogens with one attached hydrogen (secondary N) is 1. The maximum Gasteiger partial charge on any atom is 0.233 e. The molecule has 1 saturated heterocycles. The fourth-order valence-electron chi connectivity index (χ4n) is 3.75. The number of thioether (sulfide) groups is 1. The van der Waals surface area contributed by atoms with Crippen molar-refractivity contribution in [1.82, 2.24) is 14.9 Å². The normalized spacial score (nSPS) is 21.1. The van der Waals surface area contributed by atoms with Crippen molar-refractivity contribution in [3.63, 3.8) is 0 Å². The summed E-state index contributed by atoms with van der Waals surface area (Å²) in [6.07, 6.45) is 10.8. The third-order valence-corrected chi connectivity index (χ3v) is 6.70. The summed E-state index contributed by atoms with van der Waals surface area (Å²) in [5.74, 6) is 0.0957. The molecule has 0 aromatic carbocycles. The van der Waals surface area contributed by atoms with Gasteiger partial charge in [0, 0.05) is 18.8 Å². The molecular formula is C21H33N3O2S. The summed E-state index contributed by atoms with van der Waals surface area (Å²) >= 11 is 1.55. The van der Waals surface area contributed by atoms with Gasteiger partial charge >= 0.3 is 0 Å². The quantitative estimate of drug-likeness (QED) is 0.534. The number of carbonyl (C=O) groups excluding carboxylic acids is 1. The van der Waals surface area contributed by atoms with Gasteiger partial charge in [-0.05, 0) is 65.7 Å². The van der Waals surface area contributed by atoms with E-state index >= 15 is 0 Å². The molecule has 2 atom stereocenters. The van der Waals surface area contributed by atoms with E-state index in [1.165, 1.54) is 37.0 Å². The van der Waals surface area contributed by atoms with Crippen LogP contribution in [0.25, 0.3) is 0 Å². The van der Waals surface area contributed by atoms with Gasteiger partial charge in [-0.3, -0.25) is 4.79 Å². The summed E-state index contributed by atoms with van der Waals surface area (Å²) < 4.78 is 8.03. The van der Waals surface area contributed by atoms with E-state index in [-0.39, 0.29) is 17.3 Å². The van der Waals surface area contributed by atoms with E-state index in [0.717, 1.165) is 49.8 Å². The average Bonchev–Trinajstić information content (AvgIpc) is 3.27. The SMILES string of the molecule is Cc1nc(S[C@H](C)C(=O)NCCC2=CCCCC2)n(C[C@@H]2CCCO2)c1C. The van der Waals surface area contributed by atoms with Crippen molar-refractivity contribution in [1.29, 1.82) is 0 Å². The third kappa shape index (κ3) is 5.61. The highest BCUT2D eigenvalue weighted by atomic mass is 32.2. The average molecular weight is 392 g/mol. The highest BCUT2D eigenvalue weighted by Crippen LogP contribution is 2.27. The van der Waals surface area contributed by atoms with Crippen molar-refractivity contribution < 1.29 is 9.53 Å². The zero-order valence-electron chi connectivity index (χ0n) is 16.9. The Morgan fingerprint density at radius 1 is 1.41 bits per heavy atom. The molecule has 1 aromatic heterocycles. The Bertz CT molecular complexity index is 677. The van der Waals surface area contributed by atoms with E-state index in [4.69, 9.17) is 9.72 Å². The van der Waals surface area contributed by atoms with Gasteiger partial charge in [0.05, 0.1) is 23.6 Å². The van der Waals surface area contributed by atoms with Crippen LogP contribution in [0, 0.1) is 13.8 Å². The van der Waals surface area contributed by atoms with Gasteiger partial charge in [-0.1, -0.05) is 23.4 Å². The van der Waals surface area contributed by atoms with Crippen LogP contribution in [0.15, 0.2) is 16.8 Å². The number of allylic oxidation sites excluding steroid dienone is 1. The van der Waals surface area contributed by atoms with Crippen LogP contribution in [0.4, 0.5) is 0 Å². The molecule has 0 spiro atoms. The molecule has 5 nitrogen and oxygen atoms in total. The monoisotopic (exact) mass is 391 g/mol. The molecule has 0 radical (unpaired) electrons. The van der Waals surface area contributed by atoms with Crippen LogP contribution in [-0.4, -0.2) is 40.0 Å². The van der Waals surface area contributed by atoms with Crippen molar-refractivity contribution in [2.45, 2.75) is 88.8 Å². The summed E-state index contributed by atoms with van der Waals surface area (Å²) in [6.45, 7) is 8.53. The minimum Gasteiger partial charge on any atom is -0.376 e. The van der Waals surface area contributed by atoms with Gasteiger partial charge < -0.3 is 14.6 Å². The first-order valence-electron chi connectivity index (χ1n) is 10.3. The van der Waals surface area contributed by atoms with Crippen LogP contribution >= 0.6 is 11.8 Å². The molecule has 1 fully saturated rings. The molecule has 2 heterocycles. The van der Waals surface area contributed by atoms with Crippen LogP contribution in [0.5, 0.6) is 0 Å². The first-order chi connectivity index (χ1) is 13.0. The second kappa shape index (κ2) is 9.78. The molecule has 1 N–H and O–H groups in total. The number of imidazole rings is 1. The molecule has 0 bridgehead atoms. The van der Waals surface area contributed by atoms with Crippen LogP contribution < -0.4 is 5.32 Å². The van der Waals surface area contributed by atoms with Gasteiger partial charge in [0.2, 0.25) is 5.91 Å². The highest BCUT2D eigenvalue weighted by Gasteiger charge is 2.23. The number of rotatable bonds is 8. The van der Waals surface area contributed by atoms with Crippen molar-refractivity contribution >= 4 is 17.7 Å². The lowest BCUT2D eigenvalue weighted by molar-refractivity contribution is -0.120. The summed E-state index contributed by atoms with van der Waals surface area (Å²) in [4.78, 5) is 17.2. The number of ether oxygens (including phenoxy) is 1. The van der Waals surface area contributed by atoms with Crippen LogP contribution in [0.3, 0.4) is 0 Å². The van der Waals surface area contributed by atoms with E-state index in [1.54, 1.807) is 11.8 Å². The van der Waals surface area contributed by atoms with Crippen LogP contribution in [-0.2, 0) is 16.1 Å². The lowest BCUT2D eigenvalue weighted by atomic mass is 9.97. The fourth-order valence-corrected chi connectivity index (χ4v) is 4.79. The number of hydrogen-bond acceptors (Lipinski definition) is 4. The summed E-state index contributed by atoms with van der Waals surface area (Å²) in [6, 6.07) is 0. The number of nitrogens with zero attached hydrogens (tertiary/aromatic N) is 2. The van der Waals surface area contributed by atoms with Gasteiger partial charge in [-0.2, -0.15) is 0 Å². The molecule has 0 unspecified atom stereocenters. The molecule has 27 heavy (non-hydrogen) atoms. The Hall–Kier alpha value is -1.27. The standard InChI is InChI=1S/C21H33N3O2S/c1-15-16(2)24(14-19-10-7-13-26-19)21(23-15)27-17(3)20(25)22-12-11-18-8-5-4-6-9-18/h8,17,19H,4-7,9-14H2,1-3H3,(H,22,25)/t17-,19+/m1/s1. The van der Waals surface area contributed by atoms with Crippen molar-refractivity contribution in [3.8, 4) is 0 Å². The second-order valence-corrected chi connectivity index (χ2v) is 9.03. The number of hydrogen-bond donors (Lipinski definition) is 1. The van der Waals surface area contributed by atoms with Gasteiger partial charge in [0.15, 0.2) is 5.16 Å². The molecule has 1 aromatic rings. The van der Waals surface area contributed by atoms with Crippen LogP contribution in [0.2, 0.25) is 0 Å². The first kappa shape index (κ1) is 20.5. The van der Waals surface area contributed by atoms with E-state index in [2.05, 4.69) is 22.9 Å². The second-order valence-electron chi connectivity index (χ2n) is 7.72. The lowest BCUT2D eigenvalue weighted by Crippen LogP contribution is -2.32. The minimum atomic E-state index is -0.158. The van der Waals surface area contributed by atoms with Gasteiger partial charge in [-0.15, -0.1) is 0 Å². The Labute approximate surface area is 167 Å². The zero-order chi connectivity index (χ0) is 19.2. The molecule has 1 aliphatic carbocycles. The molecule has 1 amide bonds. The summed E-state index contributed by atoms with van der Waals surface area (Å²) in [5, 5.41) is 3.87. The number of amides is 1. The first-order valence-corrected chi connectivity index (χ1v) is 11.2. The van der Waals surface area contributed by atoms with Crippen LogP contribution in [0.1, 0.15) is 63.3 Å². The summed E-state index contributed by atoms with van der Waals surface area (Å²) in [5.41, 5.74) is 3.71. The number of aryl methyl sites for hydroxylation is 1. The third-order valence-electron chi connectivity index (χ3n) is 5.61. The summed E-state index contributed by atoms with van der Waals surface area (Å²) in [7, 11) is 0. The Balaban J connectivity index is 1.53. The Morgan fingerprint density at radius 2 is 2.26 bits per heavy atom. The van der Waals surface area contributed by atoms with Gasteiger partial charge in [-0.25, -0.2) is 4.98 Å².